The Labute approximate surface area is 154 Å². The molecular formula is C16H14FNO5S3. The molecule has 1 atom stereocenters. The number of furan rings is 1. The Kier molecular flexibility index (Phi) is 5.28. The second-order valence-electron chi connectivity index (χ2n) is 5.29. The topological polar surface area (TPSA) is 93.4 Å². The highest BCUT2D eigenvalue weighted by atomic mass is 32.2. The van der Waals surface area contributed by atoms with Gasteiger partial charge in [-0.2, -0.15) is 0 Å². The Morgan fingerprint density at radius 3 is 2.35 bits per heavy atom. The van der Waals surface area contributed by atoms with E-state index in [4.69, 9.17) is 4.42 Å². The van der Waals surface area contributed by atoms with E-state index in [9.17, 15) is 21.2 Å². The van der Waals surface area contributed by atoms with Crippen LogP contribution < -0.4 is 4.72 Å². The zero-order chi connectivity index (χ0) is 18.8. The summed E-state index contributed by atoms with van der Waals surface area (Å²) in [6.07, 6.45) is 1.30. The summed E-state index contributed by atoms with van der Waals surface area (Å²) in [7, 11) is -7.87. The van der Waals surface area contributed by atoms with Crippen LogP contribution in [0.25, 0.3) is 0 Å². The minimum absolute atomic E-state index is 0.0786. The average Bonchev–Trinajstić information content (AvgIpc) is 3.29. The Morgan fingerprint density at radius 1 is 1.04 bits per heavy atom. The van der Waals surface area contributed by atoms with Crippen LogP contribution in [-0.2, 0) is 19.9 Å². The van der Waals surface area contributed by atoms with Crippen LogP contribution >= 0.6 is 11.3 Å². The molecule has 3 aromatic rings. The predicted octanol–water partition coefficient (Wildman–Crippen LogP) is 2.97. The Hall–Kier alpha value is -2.01. The third-order valence-corrected chi connectivity index (χ3v) is 8.49. The van der Waals surface area contributed by atoms with E-state index < -0.39 is 37.5 Å². The van der Waals surface area contributed by atoms with Gasteiger partial charge in [-0.1, -0.05) is 6.07 Å². The lowest BCUT2D eigenvalue weighted by Gasteiger charge is -2.16. The molecule has 26 heavy (non-hydrogen) atoms. The van der Waals surface area contributed by atoms with E-state index >= 15 is 0 Å². The molecule has 3 rings (SSSR count). The van der Waals surface area contributed by atoms with Crippen molar-refractivity contribution in [3.8, 4) is 0 Å². The van der Waals surface area contributed by atoms with Crippen molar-refractivity contribution < 1.29 is 25.6 Å². The summed E-state index contributed by atoms with van der Waals surface area (Å²) < 4.78 is 71.2. The number of hydrogen-bond donors (Lipinski definition) is 1. The average molecular weight is 415 g/mol. The minimum atomic E-state index is -4.02. The van der Waals surface area contributed by atoms with E-state index in [-0.39, 0.29) is 14.9 Å². The molecule has 0 aliphatic carbocycles. The number of rotatable bonds is 7. The van der Waals surface area contributed by atoms with Gasteiger partial charge < -0.3 is 4.42 Å². The second kappa shape index (κ2) is 7.31. The fraction of sp³-hybridized carbons (Fsp3) is 0.125. The van der Waals surface area contributed by atoms with Crippen molar-refractivity contribution in [2.45, 2.75) is 14.4 Å². The van der Waals surface area contributed by atoms with Gasteiger partial charge in [-0.3, -0.25) is 0 Å². The summed E-state index contributed by atoms with van der Waals surface area (Å²) in [4.78, 5) is -0.129. The summed E-state index contributed by atoms with van der Waals surface area (Å²) in [5.41, 5.74) is 0. The molecule has 138 valence electrons. The van der Waals surface area contributed by atoms with Crippen LogP contribution in [0.2, 0.25) is 0 Å². The van der Waals surface area contributed by atoms with Crippen molar-refractivity contribution >= 4 is 31.2 Å². The van der Waals surface area contributed by atoms with Crippen LogP contribution in [0.1, 0.15) is 11.0 Å². The fourth-order valence-electron chi connectivity index (χ4n) is 2.30. The van der Waals surface area contributed by atoms with Crippen molar-refractivity contribution in [1.82, 2.24) is 4.72 Å². The highest BCUT2D eigenvalue weighted by molar-refractivity contribution is 7.92. The highest BCUT2D eigenvalue weighted by Gasteiger charge is 2.33. The molecule has 0 unspecified atom stereocenters. The van der Waals surface area contributed by atoms with E-state index in [0.29, 0.717) is 0 Å². The van der Waals surface area contributed by atoms with E-state index in [1.807, 2.05) is 0 Å². The van der Waals surface area contributed by atoms with Gasteiger partial charge in [-0.05, 0) is 47.8 Å². The quantitative estimate of drug-likeness (QED) is 0.599. The maximum Gasteiger partial charge on any atom is 0.250 e. The molecule has 1 N–H and O–H groups in total. The Balaban J connectivity index is 1.93. The predicted molar refractivity (Wildman–Crippen MR) is 94.5 cm³/mol. The second-order valence-corrected chi connectivity index (χ2v) is 10.4. The Bertz CT molecular complexity index is 1060. The van der Waals surface area contributed by atoms with Gasteiger partial charge in [0.05, 0.1) is 11.2 Å². The molecule has 0 bridgehead atoms. The molecule has 2 aromatic heterocycles. The van der Waals surface area contributed by atoms with Crippen LogP contribution in [0.5, 0.6) is 0 Å². The number of nitrogens with one attached hydrogen (secondary N) is 1. The smallest absolute Gasteiger partial charge is 0.250 e. The van der Waals surface area contributed by atoms with Gasteiger partial charge >= 0.3 is 0 Å². The maximum absolute atomic E-state index is 13.1. The van der Waals surface area contributed by atoms with Crippen LogP contribution in [0, 0.1) is 5.82 Å². The highest BCUT2D eigenvalue weighted by Crippen LogP contribution is 2.29. The molecule has 1 aromatic carbocycles. The first-order valence-corrected chi connectivity index (χ1v) is 11.3. The van der Waals surface area contributed by atoms with Crippen LogP contribution in [0.4, 0.5) is 4.39 Å². The molecule has 0 saturated heterocycles. The molecule has 2 heterocycles. The van der Waals surface area contributed by atoms with Crippen LogP contribution in [-0.4, -0.2) is 23.4 Å². The first-order valence-electron chi connectivity index (χ1n) is 7.37. The molecule has 0 amide bonds. The number of sulfonamides is 1. The van der Waals surface area contributed by atoms with E-state index in [2.05, 4.69) is 4.72 Å². The first kappa shape index (κ1) is 18.8. The first-order chi connectivity index (χ1) is 12.3. The van der Waals surface area contributed by atoms with E-state index in [1.165, 1.54) is 24.5 Å². The molecule has 0 spiro atoms. The van der Waals surface area contributed by atoms with Gasteiger partial charge in [0.2, 0.25) is 10.0 Å². The third kappa shape index (κ3) is 3.88. The fourth-order valence-corrected chi connectivity index (χ4v) is 6.08. The van der Waals surface area contributed by atoms with E-state index in [0.717, 1.165) is 35.6 Å². The van der Waals surface area contributed by atoms with Gasteiger partial charge in [-0.15, -0.1) is 11.3 Å². The summed E-state index contributed by atoms with van der Waals surface area (Å²) >= 11 is 1.02. The molecule has 0 fully saturated rings. The normalized spacial score (nSPS) is 13.6. The van der Waals surface area contributed by atoms with Crippen molar-refractivity contribution in [1.29, 1.82) is 0 Å². The summed E-state index contributed by atoms with van der Waals surface area (Å²) in [6.45, 7) is -0.423. The van der Waals surface area contributed by atoms with Gasteiger partial charge in [0.25, 0.3) is 0 Å². The summed E-state index contributed by atoms with van der Waals surface area (Å²) in [5, 5.41) is 0.311. The van der Waals surface area contributed by atoms with Crippen molar-refractivity contribution in [3.63, 3.8) is 0 Å². The van der Waals surface area contributed by atoms with Crippen molar-refractivity contribution in [3.05, 3.63) is 71.8 Å². The molecule has 6 nitrogen and oxygen atoms in total. The van der Waals surface area contributed by atoms with Gasteiger partial charge in [-0.25, -0.2) is 25.9 Å². The molecule has 10 heteroatoms. The van der Waals surface area contributed by atoms with Crippen molar-refractivity contribution in [2.24, 2.45) is 0 Å². The zero-order valence-corrected chi connectivity index (χ0v) is 15.7. The largest absolute Gasteiger partial charge is 0.468 e. The number of thiophene rings is 1. The summed E-state index contributed by atoms with van der Waals surface area (Å²) in [6, 6.07) is 10.3. The SMILES string of the molecule is O=S(=O)(NC[C@@H](c1ccco1)S(=O)(=O)c1ccc(F)cc1)c1cccs1. The van der Waals surface area contributed by atoms with Crippen LogP contribution in [0.3, 0.4) is 0 Å². The summed E-state index contributed by atoms with van der Waals surface area (Å²) in [5.74, 6) is -0.486. The molecule has 0 aliphatic heterocycles. The van der Waals surface area contributed by atoms with Gasteiger partial charge in [0.15, 0.2) is 9.84 Å². The minimum Gasteiger partial charge on any atom is -0.468 e. The zero-order valence-electron chi connectivity index (χ0n) is 13.2. The lowest BCUT2D eigenvalue weighted by atomic mass is 10.3. The van der Waals surface area contributed by atoms with Gasteiger partial charge in [0, 0.05) is 6.54 Å². The monoisotopic (exact) mass is 415 g/mol. The number of hydrogen-bond acceptors (Lipinski definition) is 6. The van der Waals surface area contributed by atoms with E-state index in [1.54, 1.807) is 11.4 Å². The maximum atomic E-state index is 13.1. The standard InChI is InChI=1S/C16H14FNO5S3/c17-12-5-7-13(8-6-12)25(19,20)15(14-3-1-9-23-14)11-18-26(21,22)16-4-2-10-24-16/h1-10,15,18H,11H2/t15-/m0/s1. The van der Waals surface area contributed by atoms with Crippen molar-refractivity contribution in [2.75, 3.05) is 6.54 Å². The number of halogens is 1. The molecule has 0 aliphatic rings. The number of sulfone groups is 1. The molecule has 0 saturated carbocycles. The Morgan fingerprint density at radius 2 is 1.77 bits per heavy atom. The molecular weight excluding hydrogens is 401 g/mol. The number of benzene rings is 1. The van der Waals surface area contributed by atoms with Gasteiger partial charge in [0.1, 0.15) is 21.0 Å². The van der Waals surface area contributed by atoms with Crippen LogP contribution in [0.15, 0.2) is 73.7 Å². The molecule has 0 radical (unpaired) electrons. The third-order valence-electron chi connectivity index (χ3n) is 3.60. The lowest BCUT2D eigenvalue weighted by molar-refractivity contribution is 0.486. The lowest BCUT2D eigenvalue weighted by Crippen LogP contribution is -2.31.